The lowest BCUT2D eigenvalue weighted by molar-refractivity contribution is 0.0851. The summed E-state index contributed by atoms with van der Waals surface area (Å²) >= 11 is 0. The summed E-state index contributed by atoms with van der Waals surface area (Å²) in [6.45, 7) is 0.851. The Balaban J connectivity index is 1.74. The fraction of sp³-hybridized carbons (Fsp3) is 0.400. The van der Waals surface area contributed by atoms with Crippen LogP contribution in [0.5, 0.6) is 0 Å². The molecule has 0 spiro atoms. The van der Waals surface area contributed by atoms with Gasteiger partial charge in [-0.25, -0.2) is 0 Å². The quantitative estimate of drug-likeness (QED) is 0.847. The zero-order valence-electron chi connectivity index (χ0n) is 12.1. The van der Waals surface area contributed by atoms with Crippen molar-refractivity contribution in [2.24, 2.45) is 0 Å². The maximum Gasteiger partial charge on any atom is 0.273 e. The predicted octanol–water partition coefficient (Wildman–Crippen LogP) is 0.668. The number of hydrogen-bond donors (Lipinski definition) is 2. The van der Waals surface area contributed by atoms with Crippen molar-refractivity contribution in [3.8, 4) is 5.69 Å². The highest BCUT2D eigenvalue weighted by molar-refractivity contribution is 5.93. The molecule has 3 rings (SSSR count). The molecule has 1 aliphatic rings. The first-order chi connectivity index (χ1) is 10.8. The summed E-state index contributed by atoms with van der Waals surface area (Å²) in [5.74, 6) is -0.346. The van der Waals surface area contributed by atoms with Gasteiger partial charge in [0.2, 0.25) is 0 Å². The molecular formula is C15H18N4O3. The van der Waals surface area contributed by atoms with Crippen molar-refractivity contribution in [3.63, 3.8) is 0 Å². The maximum absolute atomic E-state index is 12.2. The summed E-state index contributed by atoms with van der Waals surface area (Å²) in [5, 5.41) is 20.5. The van der Waals surface area contributed by atoms with Crippen LogP contribution < -0.4 is 5.32 Å². The van der Waals surface area contributed by atoms with Gasteiger partial charge in [-0.3, -0.25) is 4.79 Å². The average Bonchev–Trinajstić information content (AvgIpc) is 3.22. The van der Waals surface area contributed by atoms with E-state index >= 15 is 0 Å². The summed E-state index contributed by atoms with van der Waals surface area (Å²) in [6, 6.07) is 9.25. The molecule has 0 saturated carbocycles. The fourth-order valence-electron chi connectivity index (χ4n) is 2.39. The van der Waals surface area contributed by atoms with E-state index < -0.39 is 0 Å². The van der Waals surface area contributed by atoms with Crippen LogP contribution >= 0.6 is 0 Å². The van der Waals surface area contributed by atoms with Crippen LogP contribution in [0, 0.1) is 0 Å². The maximum atomic E-state index is 12.2. The third-order valence-corrected chi connectivity index (χ3v) is 3.55. The fourth-order valence-corrected chi connectivity index (χ4v) is 2.39. The minimum atomic E-state index is -0.346. The molecule has 1 saturated heterocycles. The van der Waals surface area contributed by atoms with Crippen LogP contribution in [0.4, 0.5) is 0 Å². The number of nitrogens with one attached hydrogen (secondary N) is 1. The first-order valence-corrected chi connectivity index (χ1v) is 7.30. The number of carbonyl (C=O) groups excluding carboxylic acids is 1. The third-order valence-electron chi connectivity index (χ3n) is 3.55. The molecule has 1 aromatic heterocycles. The molecule has 0 radical (unpaired) electrons. The number of aromatic nitrogens is 3. The molecular weight excluding hydrogens is 284 g/mol. The Morgan fingerprint density at radius 1 is 1.36 bits per heavy atom. The summed E-state index contributed by atoms with van der Waals surface area (Å²) in [4.78, 5) is 13.6. The van der Waals surface area contributed by atoms with E-state index in [9.17, 15) is 9.90 Å². The number of aliphatic hydroxyl groups is 1. The Bertz CT molecular complexity index is 635. The molecule has 0 aliphatic carbocycles. The highest BCUT2D eigenvalue weighted by atomic mass is 16.5. The molecule has 1 aliphatic heterocycles. The molecule has 7 heteroatoms. The Morgan fingerprint density at radius 3 is 2.86 bits per heavy atom. The second kappa shape index (κ2) is 6.67. The third kappa shape index (κ3) is 3.15. The SMILES string of the molecule is O=C(NCC1CCCO1)c1nn(-c2ccccc2)nc1CO. The summed E-state index contributed by atoms with van der Waals surface area (Å²) in [7, 11) is 0. The molecule has 0 bridgehead atoms. The summed E-state index contributed by atoms with van der Waals surface area (Å²) < 4.78 is 5.46. The van der Waals surface area contributed by atoms with Gasteiger partial charge in [0.05, 0.1) is 18.4 Å². The van der Waals surface area contributed by atoms with Crippen LogP contribution in [-0.4, -0.2) is 45.3 Å². The normalized spacial score (nSPS) is 17.6. The van der Waals surface area contributed by atoms with Crippen LogP contribution in [0.2, 0.25) is 0 Å². The van der Waals surface area contributed by atoms with Crippen molar-refractivity contribution in [1.29, 1.82) is 0 Å². The van der Waals surface area contributed by atoms with E-state index in [0.29, 0.717) is 6.54 Å². The molecule has 1 unspecified atom stereocenters. The Hall–Kier alpha value is -2.25. The highest BCUT2D eigenvalue weighted by Gasteiger charge is 2.21. The average molecular weight is 302 g/mol. The van der Waals surface area contributed by atoms with Crippen molar-refractivity contribution < 1.29 is 14.6 Å². The number of rotatable bonds is 5. The molecule has 1 aromatic carbocycles. The van der Waals surface area contributed by atoms with E-state index in [-0.39, 0.29) is 30.0 Å². The van der Waals surface area contributed by atoms with Crippen LogP contribution in [0.15, 0.2) is 30.3 Å². The number of para-hydroxylation sites is 1. The number of nitrogens with zero attached hydrogens (tertiary/aromatic N) is 3. The topological polar surface area (TPSA) is 89.3 Å². The van der Waals surface area contributed by atoms with Crippen molar-refractivity contribution in [1.82, 2.24) is 20.3 Å². The Kier molecular flexibility index (Phi) is 4.45. The first kappa shape index (κ1) is 14.7. The van der Waals surface area contributed by atoms with E-state index in [1.165, 1.54) is 4.80 Å². The molecule has 1 atom stereocenters. The minimum absolute atomic E-state index is 0.0608. The molecule has 1 amide bonds. The molecule has 7 nitrogen and oxygen atoms in total. The summed E-state index contributed by atoms with van der Waals surface area (Å²) in [5.41, 5.74) is 1.13. The van der Waals surface area contributed by atoms with Crippen LogP contribution in [0.3, 0.4) is 0 Å². The number of ether oxygens (including phenoxy) is 1. The largest absolute Gasteiger partial charge is 0.390 e. The number of hydrogen-bond acceptors (Lipinski definition) is 5. The van der Waals surface area contributed by atoms with E-state index in [1.807, 2.05) is 30.3 Å². The van der Waals surface area contributed by atoms with Gasteiger partial charge in [0, 0.05) is 13.2 Å². The second-order valence-electron chi connectivity index (χ2n) is 5.12. The minimum Gasteiger partial charge on any atom is -0.390 e. The van der Waals surface area contributed by atoms with Crippen LogP contribution in [-0.2, 0) is 11.3 Å². The number of amides is 1. The highest BCUT2D eigenvalue weighted by Crippen LogP contribution is 2.12. The van der Waals surface area contributed by atoms with Crippen molar-refractivity contribution in [3.05, 3.63) is 41.7 Å². The second-order valence-corrected chi connectivity index (χ2v) is 5.12. The number of carbonyl (C=O) groups is 1. The lowest BCUT2D eigenvalue weighted by Gasteiger charge is -2.09. The number of benzene rings is 1. The zero-order valence-corrected chi connectivity index (χ0v) is 12.1. The van der Waals surface area contributed by atoms with Gasteiger partial charge in [-0.1, -0.05) is 18.2 Å². The van der Waals surface area contributed by atoms with Gasteiger partial charge in [0.1, 0.15) is 5.69 Å². The predicted molar refractivity (Wildman–Crippen MR) is 78.6 cm³/mol. The van der Waals surface area contributed by atoms with Gasteiger partial charge in [0.15, 0.2) is 5.69 Å². The Morgan fingerprint density at radius 2 is 2.18 bits per heavy atom. The van der Waals surface area contributed by atoms with E-state index in [2.05, 4.69) is 15.5 Å². The van der Waals surface area contributed by atoms with Crippen molar-refractivity contribution in [2.75, 3.05) is 13.2 Å². The van der Waals surface area contributed by atoms with Gasteiger partial charge in [0.25, 0.3) is 5.91 Å². The van der Waals surface area contributed by atoms with E-state index in [1.54, 1.807) is 0 Å². The van der Waals surface area contributed by atoms with Gasteiger partial charge >= 0.3 is 0 Å². The van der Waals surface area contributed by atoms with Gasteiger partial charge < -0.3 is 15.2 Å². The molecule has 2 aromatic rings. The molecule has 2 heterocycles. The lowest BCUT2D eigenvalue weighted by atomic mass is 10.2. The van der Waals surface area contributed by atoms with E-state index in [0.717, 1.165) is 25.1 Å². The van der Waals surface area contributed by atoms with Gasteiger partial charge in [-0.15, -0.1) is 10.2 Å². The number of aliphatic hydroxyl groups excluding tert-OH is 1. The first-order valence-electron chi connectivity index (χ1n) is 7.30. The zero-order chi connectivity index (χ0) is 15.4. The lowest BCUT2D eigenvalue weighted by Crippen LogP contribution is -2.32. The molecule has 1 fully saturated rings. The van der Waals surface area contributed by atoms with Crippen molar-refractivity contribution >= 4 is 5.91 Å². The summed E-state index contributed by atoms with van der Waals surface area (Å²) in [6.07, 6.45) is 2.03. The van der Waals surface area contributed by atoms with Crippen molar-refractivity contribution in [2.45, 2.75) is 25.6 Å². The van der Waals surface area contributed by atoms with Crippen LogP contribution in [0.1, 0.15) is 29.0 Å². The van der Waals surface area contributed by atoms with Gasteiger partial charge in [-0.05, 0) is 25.0 Å². The molecule has 2 N–H and O–H groups in total. The standard InChI is InChI=1S/C15H18N4O3/c20-10-13-14(15(21)16-9-12-7-4-8-22-12)18-19(17-13)11-5-2-1-3-6-11/h1-3,5-6,12,20H,4,7-10H2,(H,16,21). The molecule has 116 valence electrons. The molecule has 22 heavy (non-hydrogen) atoms. The van der Waals surface area contributed by atoms with Gasteiger partial charge in [-0.2, -0.15) is 4.80 Å². The Labute approximate surface area is 127 Å². The smallest absolute Gasteiger partial charge is 0.273 e. The van der Waals surface area contributed by atoms with E-state index in [4.69, 9.17) is 4.74 Å². The monoisotopic (exact) mass is 302 g/mol. The van der Waals surface area contributed by atoms with Crippen LogP contribution in [0.25, 0.3) is 5.69 Å².